The van der Waals surface area contributed by atoms with Crippen LogP contribution in [0.3, 0.4) is 0 Å². The molecule has 1 fully saturated rings. The number of sulfonamides is 1. The lowest BCUT2D eigenvalue weighted by Crippen LogP contribution is -2.44. The number of piperazine rings is 1. The number of carbonyl (C=O) groups is 1. The highest BCUT2D eigenvalue weighted by atomic mass is 32.2. The van der Waals surface area contributed by atoms with Crippen molar-refractivity contribution in [1.29, 1.82) is 0 Å². The van der Waals surface area contributed by atoms with Gasteiger partial charge in [0.2, 0.25) is 16.0 Å². The SMILES string of the molecule is CN1CCN(Cc2ccc(C(F)F)cc2NC(=O)NCC#Cc2cnc3nc2NCCCNS(=O)(=O)c2cccc(c2)N3)CC1. The number of anilines is 4. The van der Waals surface area contributed by atoms with Crippen LogP contribution in [0.25, 0.3) is 0 Å². The molecule has 1 saturated heterocycles. The normalized spacial score (nSPS) is 16.9. The Morgan fingerprint density at radius 2 is 1.93 bits per heavy atom. The van der Waals surface area contributed by atoms with Crippen LogP contribution in [0.2, 0.25) is 0 Å². The maximum absolute atomic E-state index is 13.4. The summed E-state index contributed by atoms with van der Waals surface area (Å²) >= 11 is 0. The third-order valence-corrected chi connectivity index (χ3v) is 8.77. The second-order valence-corrected chi connectivity index (χ2v) is 12.5. The minimum Gasteiger partial charge on any atom is -0.369 e. The van der Waals surface area contributed by atoms with Crippen molar-refractivity contribution in [3.63, 3.8) is 0 Å². The molecule has 4 bridgehead atoms. The summed E-state index contributed by atoms with van der Waals surface area (Å²) in [6.07, 6.45) is -0.640. The van der Waals surface area contributed by atoms with Crippen LogP contribution in [-0.4, -0.2) is 87.1 Å². The fraction of sp³-hybridized carbons (Fsp3) is 0.367. The van der Waals surface area contributed by atoms with E-state index in [1.165, 1.54) is 30.5 Å². The van der Waals surface area contributed by atoms with Crippen LogP contribution in [0.1, 0.15) is 29.5 Å². The van der Waals surface area contributed by atoms with Gasteiger partial charge in [-0.05, 0) is 43.3 Å². The van der Waals surface area contributed by atoms with Crippen molar-refractivity contribution in [2.75, 3.05) is 68.8 Å². The number of nitrogens with zero attached hydrogens (tertiary/aromatic N) is 4. The summed E-state index contributed by atoms with van der Waals surface area (Å²) in [5, 5.41) is 11.6. The van der Waals surface area contributed by atoms with Crippen molar-refractivity contribution in [2.45, 2.75) is 24.3 Å². The van der Waals surface area contributed by atoms with Gasteiger partial charge in [0.05, 0.1) is 23.2 Å². The van der Waals surface area contributed by atoms with Crippen LogP contribution in [0, 0.1) is 11.8 Å². The van der Waals surface area contributed by atoms with Crippen molar-refractivity contribution in [2.24, 2.45) is 0 Å². The molecule has 0 atom stereocenters. The lowest BCUT2D eigenvalue weighted by molar-refractivity contribution is 0.147. The van der Waals surface area contributed by atoms with Gasteiger partial charge in [0.15, 0.2) is 0 Å². The van der Waals surface area contributed by atoms with Crippen LogP contribution in [0.15, 0.2) is 53.6 Å². The molecule has 2 aliphatic heterocycles. The molecule has 0 spiro atoms. The standard InChI is InChI=1S/C30H35F2N9O3S/c1-40-13-15-41(16-14-40)20-23-9-8-21(27(31)32)17-26(23)38-30(42)34-10-3-5-22-19-35-29-37-24-6-2-7-25(18-24)45(43,44)36-12-4-11-33-28(22)39-29/h2,6-9,17-19,27,36H,4,10-16,20H2,1H3,(H2,34,38,42)(H2,33,35,37,39). The van der Waals surface area contributed by atoms with Gasteiger partial charge in [-0.25, -0.2) is 31.7 Å². The molecule has 3 aromatic rings. The van der Waals surface area contributed by atoms with Crippen molar-refractivity contribution < 1.29 is 22.0 Å². The maximum atomic E-state index is 13.4. The monoisotopic (exact) mass is 639 g/mol. The molecular formula is C30H35F2N9O3S. The zero-order valence-electron chi connectivity index (χ0n) is 24.7. The number of carbonyl (C=O) groups excluding carboxylic acids is 1. The number of nitrogens with one attached hydrogen (secondary N) is 5. The fourth-order valence-corrected chi connectivity index (χ4v) is 5.90. The van der Waals surface area contributed by atoms with Crippen molar-refractivity contribution in [1.82, 2.24) is 29.8 Å². The predicted molar refractivity (Wildman–Crippen MR) is 168 cm³/mol. The first kappa shape index (κ1) is 32.0. The summed E-state index contributed by atoms with van der Waals surface area (Å²) in [6, 6.07) is 10.1. The molecule has 5 rings (SSSR count). The number of rotatable bonds is 5. The highest BCUT2D eigenvalue weighted by Gasteiger charge is 2.19. The summed E-state index contributed by atoms with van der Waals surface area (Å²) in [5.74, 6) is 6.52. The Morgan fingerprint density at radius 3 is 2.73 bits per heavy atom. The first-order chi connectivity index (χ1) is 21.7. The Labute approximate surface area is 261 Å². The molecule has 15 heteroatoms. The van der Waals surface area contributed by atoms with E-state index in [9.17, 15) is 22.0 Å². The summed E-state index contributed by atoms with van der Waals surface area (Å²) < 4.78 is 54.6. The third-order valence-electron chi connectivity index (χ3n) is 7.31. The van der Waals surface area contributed by atoms with Crippen molar-refractivity contribution in [3.05, 3.63) is 65.4 Å². The van der Waals surface area contributed by atoms with Crippen LogP contribution in [0.4, 0.5) is 36.7 Å². The average molecular weight is 640 g/mol. The molecule has 2 amide bonds. The van der Waals surface area contributed by atoms with Crippen LogP contribution in [-0.2, 0) is 16.6 Å². The first-order valence-corrected chi connectivity index (χ1v) is 16.0. The molecule has 0 aliphatic carbocycles. The van der Waals surface area contributed by atoms with Gasteiger partial charge in [0.1, 0.15) is 5.82 Å². The van der Waals surface area contributed by atoms with Gasteiger partial charge >= 0.3 is 6.03 Å². The van der Waals surface area contributed by atoms with Gasteiger partial charge in [-0.3, -0.25) is 4.90 Å². The average Bonchev–Trinajstić information content (AvgIpc) is 3.02. The Kier molecular flexibility index (Phi) is 10.4. The first-order valence-electron chi connectivity index (χ1n) is 14.5. The maximum Gasteiger partial charge on any atom is 0.320 e. The number of hydrogen-bond acceptors (Lipinski definition) is 9. The highest BCUT2D eigenvalue weighted by Crippen LogP contribution is 2.26. The van der Waals surface area contributed by atoms with E-state index in [0.29, 0.717) is 42.3 Å². The van der Waals surface area contributed by atoms with E-state index in [4.69, 9.17) is 0 Å². The molecule has 45 heavy (non-hydrogen) atoms. The van der Waals surface area contributed by atoms with Crippen molar-refractivity contribution >= 4 is 39.2 Å². The van der Waals surface area contributed by atoms with Gasteiger partial charge < -0.3 is 26.2 Å². The topological polar surface area (TPSA) is 144 Å². The highest BCUT2D eigenvalue weighted by molar-refractivity contribution is 7.89. The number of likely N-dealkylation sites (N-methyl/N-ethyl adjacent to an activating group) is 1. The van der Waals surface area contributed by atoms with E-state index in [1.54, 1.807) is 18.2 Å². The fourth-order valence-electron chi connectivity index (χ4n) is 4.78. The number of hydrogen-bond donors (Lipinski definition) is 5. The molecule has 1 aromatic heterocycles. The molecule has 238 valence electrons. The minimum atomic E-state index is -3.66. The zero-order chi connectivity index (χ0) is 31.8. The zero-order valence-corrected chi connectivity index (χ0v) is 25.6. The van der Waals surface area contributed by atoms with E-state index in [2.05, 4.69) is 64.6 Å². The summed E-state index contributed by atoms with van der Waals surface area (Å²) in [7, 11) is -1.60. The molecule has 2 aliphatic rings. The third kappa shape index (κ3) is 8.85. The molecule has 0 radical (unpaired) electrons. The van der Waals surface area contributed by atoms with Gasteiger partial charge in [0.25, 0.3) is 6.43 Å². The molecule has 5 N–H and O–H groups in total. The molecular weight excluding hydrogens is 604 g/mol. The second kappa shape index (κ2) is 14.6. The van der Waals surface area contributed by atoms with Crippen LogP contribution >= 0.6 is 0 Å². The summed E-state index contributed by atoms with van der Waals surface area (Å²) in [4.78, 5) is 26.1. The van der Waals surface area contributed by atoms with E-state index in [-0.39, 0.29) is 29.5 Å². The number of amides is 2. The Hall–Kier alpha value is -4.36. The van der Waals surface area contributed by atoms with Gasteiger partial charge in [-0.2, -0.15) is 4.98 Å². The molecule has 0 saturated carbocycles. The van der Waals surface area contributed by atoms with Gasteiger partial charge in [-0.15, -0.1) is 0 Å². The number of fused-ring (bicyclic) bond motifs is 4. The van der Waals surface area contributed by atoms with E-state index in [1.807, 2.05) is 0 Å². The number of alkyl halides is 2. The number of benzene rings is 2. The summed E-state index contributed by atoms with van der Waals surface area (Å²) in [6.45, 7) is 4.66. The largest absolute Gasteiger partial charge is 0.369 e. The van der Waals surface area contributed by atoms with E-state index in [0.717, 1.165) is 31.7 Å². The number of aromatic nitrogens is 2. The van der Waals surface area contributed by atoms with E-state index >= 15 is 0 Å². The Morgan fingerprint density at radius 1 is 1.11 bits per heavy atom. The lowest BCUT2D eigenvalue weighted by atomic mass is 10.1. The molecule has 0 unspecified atom stereocenters. The smallest absolute Gasteiger partial charge is 0.320 e. The van der Waals surface area contributed by atoms with E-state index < -0.39 is 22.5 Å². The van der Waals surface area contributed by atoms with Crippen molar-refractivity contribution in [3.8, 4) is 11.8 Å². The molecule has 2 aromatic carbocycles. The van der Waals surface area contributed by atoms with Crippen LogP contribution in [0.5, 0.6) is 0 Å². The second-order valence-electron chi connectivity index (χ2n) is 10.7. The lowest BCUT2D eigenvalue weighted by Gasteiger charge is -2.32. The molecule has 12 nitrogen and oxygen atoms in total. The quantitative estimate of drug-likeness (QED) is 0.266. The molecule has 3 heterocycles. The summed E-state index contributed by atoms with van der Waals surface area (Å²) in [5.41, 5.74) is 1.89. The van der Waals surface area contributed by atoms with Crippen LogP contribution < -0.4 is 26.0 Å². The van der Waals surface area contributed by atoms with Gasteiger partial charge in [-0.1, -0.05) is 30.0 Å². The minimum absolute atomic E-state index is 0.0256. The predicted octanol–water partition coefficient (Wildman–Crippen LogP) is 3.17. The Balaban J connectivity index is 1.24. The Bertz CT molecular complexity index is 1690. The number of halogens is 2. The van der Waals surface area contributed by atoms with Gasteiger partial charge in [0, 0.05) is 62.8 Å². The number of urea groups is 1.